The average molecular weight is 293 g/mol. The van der Waals surface area contributed by atoms with Gasteiger partial charge in [-0.1, -0.05) is 12.2 Å². The van der Waals surface area contributed by atoms with Crippen LogP contribution in [0.1, 0.15) is 41.7 Å². The molecule has 0 radical (unpaired) electrons. The lowest BCUT2D eigenvalue weighted by Gasteiger charge is -2.37. The Morgan fingerprint density at radius 3 is 2.70 bits per heavy atom. The molecule has 1 fully saturated rings. The fourth-order valence-corrected chi connectivity index (χ4v) is 2.32. The summed E-state index contributed by atoms with van der Waals surface area (Å²) in [7, 11) is 0. The maximum Gasteiger partial charge on any atom is 0.272 e. The molecule has 1 amide bonds. The molecule has 1 aliphatic carbocycles. The van der Waals surface area contributed by atoms with Crippen LogP contribution in [0, 0.1) is 0 Å². The van der Waals surface area contributed by atoms with Gasteiger partial charge in [-0.05, 0) is 37.8 Å². The molecule has 108 valence electrons. The molecule has 1 aliphatic rings. The predicted octanol–water partition coefficient (Wildman–Crippen LogP) is 1.09. The molecule has 6 heteroatoms. The van der Waals surface area contributed by atoms with Crippen LogP contribution in [-0.4, -0.2) is 45.1 Å². The lowest BCUT2D eigenvalue weighted by molar-refractivity contribution is 0.0556. The van der Waals surface area contributed by atoms with Crippen molar-refractivity contribution >= 4 is 23.1 Å². The van der Waals surface area contributed by atoms with Crippen LogP contribution in [0.25, 0.3) is 0 Å². The maximum atomic E-state index is 12.5. The van der Waals surface area contributed by atoms with Gasteiger partial charge in [0.15, 0.2) is 0 Å². The summed E-state index contributed by atoms with van der Waals surface area (Å²) < 4.78 is 0. The molecule has 1 heterocycles. The summed E-state index contributed by atoms with van der Waals surface area (Å²) in [4.78, 5) is 18.7. The first-order valence-electron chi connectivity index (χ1n) is 6.81. The molecule has 0 saturated heterocycles. The number of amides is 1. The van der Waals surface area contributed by atoms with Crippen molar-refractivity contribution in [1.82, 2.24) is 9.88 Å². The standard InChI is InChI=1S/C14H19N3O2S/c15-13(20)10-5-6-12(16-9-10)14(19)17(7-2-8-18)11-3-1-4-11/h5-6,9,11,18H,1-4,7-8H2,(H2,15,20). The second-order valence-corrected chi connectivity index (χ2v) is 5.40. The Hall–Kier alpha value is -1.53. The second kappa shape index (κ2) is 6.76. The Kier molecular flexibility index (Phi) is 5.03. The summed E-state index contributed by atoms with van der Waals surface area (Å²) in [5.74, 6) is -0.0855. The van der Waals surface area contributed by atoms with Crippen molar-refractivity contribution in [2.24, 2.45) is 5.73 Å². The monoisotopic (exact) mass is 293 g/mol. The number of carbonyl (C=O) groups excluding carboxylic acids is 1. The third-order valence-corrected chi connectivity index (χ3v) is 3.84. The number of hydrogen-bond acceptors (Lipinski definition) is 4. The van der Waals surface area contributed by atoms with Gasteiger partial charge in [-0.15, -0.1) is 0 Å². The Morgan fingerprint density at radius 1 is 1.50 bits per heavy atom. The SMILES string of the molecule is NC(=S)c1ccc(C(=O)N(CCCO)C2CCC2)nc1. The number of thiocarbonyl (C=S) groups is 1. The van der Waals surface area contributed by atoms with E-state index in [-0.39, 0.29) is 23.5 Å². The lowest BCUT2D eigenvalue weighted by atomic mass is 9.91. The zero-order chi connectivity index (χ0) is 14.5. The first kappa shape index (κ1) is 14.9. The van der Waals surface area contributed by atoms with Gasteiger partial charge >= 0.3 is 0 Å². The molecular weight excluding hydrogens is 274 g/mol. The first-order chi connectivity index (χ1) is 9.63. The third-order valence-electron chi connectivity index (χ3n) is 3.60. The minimum Gasteiger partial charge on any atom is -0.396 e. The lowest BCUT2D eigenvalue weighted by Crippen LogP contribution is -2.45. The van der Waals surface area contributed by atoms with Crippen LogP contribution >= 0.6 is 12.2 Å². The van der Waals surface area contributed by atoms with E-state index in [9.17, 15) is 4.79 Å². The van der Waals surface area contributed by atoms with Crippen LogP contribution in [0.2, 0.25) is 0 Å². The number of aromatic nitrogens is 1. The minimum atomic E-state index is -0.0855. The molecule has 20 heavy (non-hydrogen) atoms. The summed E-state index contributed by atoms with van der Waals surface area (Å²) >= 11 is 4.86. The van der Waals surface area contributed by atoms with Crippen LogP contribution in [0.3, 0.4) is 0 Å². The zero-order valence-corrected chi connectivity index (χ0v) is 12.1. The largest absolute Gasteiger partial charge is 0.396 e. The van der Waals surface area contributed by atoms with Gasteiger partial charge < -0.3 is 15.7 Å². The van der Waals surface area contributed by atoms with E-state index in [4.69, 9.17) is 23.1 Å². The molecule has 0 unspecified atom stereocenters. The number of aliphatic hydroxyl groups is 1. The molecule has 3 N–H and O–H groups in total. The molecule has 5 nitrogen and oxygen atoms in total. The summed E-state index contributed by atoms with van der Waals surface area (Å²) in [5.41, 5.74) is 6.57. The van der Waals surface area contributed by atoms with E-state index >= 15 is 0 Å². The van der Waals surface area contributed by atoms with E-state index in [1.54, 1.807) is 12.1 Å². The van der Waals surface area contributed by atoms with Gasteiger partial charge in [-0.3, -0.25) is 9.78 Å². The van der Waals surface area contributed by atoms with Crippen LogP contribution in [0.4, 0.5) is 0 Å². The number of pyridine rings is 1. The van der Waals surface area contributed by atoms with Gasteiger partial charge in [0, 0.05) is 31.0 Å². The Labute approximate surface area is 123 Å². The van der Waals surface area contributed by atoms with Crippen LogP contribution < -0.4 is 5.73 Å². The molecule has 2 rings (SSSR count). The highest BCUT2D eigenvalue weighted by Gasteiger charge is 2.29. The van der Waals surface area contributed by atoms with Gasteiger partial charge in [0.05, 0.1) is 0 Å². The van der Waals surface area contributed by atoms with Crippen LogP contribution in [0.5, 0.6) is 0 Å². The second-order valence-electron chi connectivity index (χ2n) is 4.96. The van der Waals surface area contributed by atoms with Gasteiger partial charge in [0.25, 0.3) is 5.91 Å². The van der Waals surface area contributed by atoms with Crippen molar-refractivity contribution in [2.75, 3.05) is 13.2 Å². The Bertz CT molecular complexity index is 486. The molecule has 0 aromatic carbocycles. The van der Waals surface area contributed by atoms with Crippen molar-refractivity contribution in [3.05, 3.63) is 29.6 Å². The molecule has 0 bridgehead atoms. The highest BCUT2D eigenvalue weighted by Crippen LogP contribution is 2.26. The molecular formula is C14H19N3O2S. The minimum absolute atomic E-state index is 0.0855. The van der Waals surface area contributed by atoms with E-state index < -0.39 is 0 Å². The van der Waals surface area contributed by atoms with Crippen molar-refractivity contribution in [1.29, 1.82) is 0 Å². The molecule has 1 saturated carbocycles. The molecule has 0 atom stereocenters. The first-order valence-corrected chi connectivity index (χ1v) is 7.22. The quantitative estimate of drug-likeness (QED) is 0.768. The summed E-state index contributed by atoms with van der Waals surface area (Å²) in [6, 6.07) is 3.65. The Morgan fingerprint density at radius 2 is 2.25 bits per heavy atom. The molecule has 0 spiro atoms. The zero-order valence-electron chi connectivity index (χ0n) is 11.3. The Balaban J connectivity index is 2.11. The number of aliphatic hydroxyl groups excluding tert-OH is 1. The van der Waals surface area contributed by atoms with Gasteiger partial charge in [-0.2, -0.15) is 0 Å². The van der Waals surface area contributed by atoms with Crippen LogP contribution in [0.15, 0.2) is 18.3 Å². The highest BCUT2D eigenvalue weighted by molar-refractivity contribution is 7.80. The van der Waals surface area contributed by atoms with Crippen molar-refractivity contribution in [3.8, 4) is 0 Å². The number of hydrogen-bond donors (Lipinski definition) is 2. The average Bonchev–Trinajstić information content (AvgIpc) is 2.40. The molecule has 0 aliphatic heterocycles. The fraction of sp³-hybridized carbons (Fsp3) is 0.500. The number of carbonyl (C=O) groups is 1. The summed E-state index contributed by atoms with van der Waals surface area (Å²) in [6.45, 7) is 0.656. The van der Waals surface area contributed by atoms with E-state index in [2.05, 4.69) is 4.98 Å². The van der Waals surface area contributed by atoms with Crippen molar-refractivity contribution in [2.45, 2.75) is 31.7 Å². The third kappa shape index (κ3) is 3.32. The summed E-state index contributed by atoms with van der Waals surface area (Å²) in [6.07, 6.45) is 5.33. The van der Waals surface area contributed by atoms with E-state index in [1.165, 1.54) is 6.20 Å². The summed E-state index contributed by atoms with van der Waals surface area (Å²) in [5, 5.41) is 8.96. The smallest absolute Gasteiger partial charge is 0.272 e. The predicted molar refractivity (Wildman–Crippen MR) is 80.5 cm³/mol. The van der Waals surface area contributed by atoms with Gasteiger partial charge in [0.2, 0.25) is 0 Å². The number of nitrogens with two attached hydrogens (primary N) is 1. The van der Waals surface area contributed by atoms with E-state index in [0.29, 0.717) is 24.2 Å². The number of rotatable bonds is 6. The fourth-order valence-electron chi connectivity index (χ4n) is 2.20. The molecule has 1 aromatic heterocycles. The van der Waals surface area contributed by atoms with Gasteiger partial charge in [-0.25, -0.2) is 0 Å². The van der Waals surface area contributed by atoms with E-state index in [0.717, 1.165) is 19.3 Å². The molecule has 1 aromatic rings. The van der Waals surface area contributed by atoms with E-state index in [1.807, 2.05) is 4.90 Å². The topological polar surface area (TPSA) is 79.5 Å². The van der Waals surface area contributed by atoms with Crippen molar-refractivity contribution in [3.63, 3.8) is 0 Å². The van der Waals surface area contributed by atoms with Crippen LogP contribution in [-0.2, 0) is 0 Å². The van der Waals surface area contributed by atoms with Gasteiger partial charge in [0.1, 0.15) is 10.7 Å². The maximum absolute atomic E-state index is 12.5. The number of nitrogens with zero attached hydrogens (tertiary/aromatic N) is 2. The normalized spacial score (nSPS) is 14.7. The highest BCUT2D eigenvalue weighted by atomic mass is 32.1. The van der Waals surface area contributed by atoms with Crippen molar-refractivity contribution < 1.29 is 9.90 Å².